The number of ether oxygens (including phenoxy) is 2. The van der Waals surface area contributed by atoms with Gasteiger partial charge in [0.2, 0.25) is 0 Å². The zero-order valence-electron chi connectivity index (χ0n) is 15.7. The molecule has 1 aliphatic rings. The van der Waals surface area contributed by atoms with Gasteiger partial charge in [0.25, 0.3) is 11.8 Å². The molecule has 0 aromatic heterocycles. The maximum Gasteiger partial charge on any atom is 0.278 e. The Morgan fingerprint density at radius 3 is 2.43 bits per heavy atom. The Hall–Kier alpha value is -3.19. The standard InChI is InChI=1S/C21H21FN2O4/c1-27-12-4-11-24-20(25)18(14-7-9-17(28-2)10-8-14)19(21(24)26)23-16-6-3-5-15(22)13-16/h3,5-10,13,23H,4,11-12H2,1-2H3. The van der Waals surface area contributed by atoms with Crippen molar-refractivity contribution in [2.45, 2.75) is 6.42 Å². The third-order valence-electron chi connectivity index (χ3n) is 4.37. The minimum absolute atomic E-state index is 0.123. The molecule has 0 spiro atoms. The predicted molar refractivity (Wildman–Crippen MR) is 103 cm³/mol. The highest BCUT2D eigenvalue weighted by molar-refractivity contribution is 6.36. The first-order chi connectivity index (χ1) is 13.5. The fourth-order valence-corrected chi connectivity index (χ4v) is 3.00. The number of hydrogen-bond acceptors (Lipinski definition) is 5. The lowest BCUT2D eigenvalue weighted by Crippen LogP contribution is -2.33. The van der Waals surface area contributed by atoms with E-state index in [9.17, 15) is 14.0 Å². The number of methoxy groups -OCH3 is 2. The molecule has 0 aliphatic carbocycles. The van der Waals surface area contributed by atoms with Gasteiger partial charge in [0, 0.05) is 25.9 Å². The van der Waals surface area contributed by atoms with Crippen LogP contribution in [0, 0.1) is 5.82 Å². The zero-order chi connectivity index (χ0) is 20.1. The lowest BCUT2D eigenvalue weighted by Gasteiger charge is -2.15. The second kappa shape index (κ2) is 8.67. The van der Waals surface area contributed by atoms with Gasteiger partial charge in [-0.2, -0.15) is 0 Å². The average Bonchev–Trinajstić information content (AvgIpc) is 2.92. The van der Waals surface area contributed by atoms with Crippen molar-refractivity contribution in [3.8, 4) is 5.75 Å². The Balaban J connectivity index is 1.98. The molecule has 6 nitrogen and oxygen atoms in total. The number of carbonyl (C=O) groups excluding carboxylic acids is 2. The molecule has 1 heterocycles. The van der Waals surface area contributed by atoms with Gasteiger partial charge >= 0.3 is 0 Å². The Morgan fingerprint density at radius 2 is 1.79 bits per heavy atom. The number of anilines is 1. The molecule has 2 amide bonds. The molecule has 0 radical (unpaired) electrons. The number of halogens is 1. The summed E-state index contributed by atoms with van der Waals surface area (Å²) in [5.41, 5.74) is 1.33. The summed E-state index contributed by atoms with van der Waals surface area (Å²) in [4.78, 5) is 27.1. The van der Waals surface area contributed by atoms with Crippen LogP contribution in [0.3, 0.4) is 0 Å². The average molecular weight is 384 g/mol. The van der Waals surface area contributed by atoms with Crippen LogP contribution in [-0.4, -0.2) is 44.1 Å². The summed E-state index contributed by atoms with van der Waals surface area (Å²) in [6.07, 6.45) is 0.525. The molecule has 1 aliphatic heterocycles. The van der Waals surface area contributed by atoms with Crippen LogP contribution < -0.4 is 10.1 Å². The highest BCUT2D eigenvalue weighted by Crippen LogP contribution is 2.31. The van der Waals surface area contributed by atoms with Gasteiger partial charge < -0.3 is 14.8 Å². The van der Waals surface area contributed by atoms with Crippen molar-refractivity contribution in [1.82, 2.24) is 4.90 Å². The lowest BCUT2D eigenvalue weighted by molar-refractivity contribution is -0.136. The summed E-state index contributed by atoms with van der Waals surface area (Å²) in [5, 5.41) is 2.92. The number of benzene rings is 2. The summed E-state index contributed by atoms with van der Waals surface area (Å²) in [5.74, 6) is -0.649. The van der Waals surface area contributed by atoms with E-state index in [1.54, 1.807) is 44.6 Å². The third-order valence-corrected chi connectivity index (χ3v) is 4.37. The largest absolute Gasteiger partial charge is 0.497 e. The molecule has 2 aromatic carbocycles. The number of carbonyl (C=O) groups is 2. The van der Waals surface area contributed by atoms with Gasteiger partial charge in [-0.05, 0) is 42.3 Å². The predicted octanol–water partition coefficient (Wildman–Crippen LogP) is 3.06. The maximum absolute atomic E-state index is 13.6. The van der Waals surface area contributed by atoms with Gasteiger partial charge in [-0.3, -0.25) is 14.5 Å². The minimum atomic E-state index is -0.448. The molecule has 0 saturated heterocycles. The number of rotatable bonds is 8. The molecule has 146 valence electrons. The molecule has 2 aromatic rings. The first kappa shape index (κ1) is 19.6. The molecular formula is C21H21FN2O4. The Morgan fingerprint density at radius 1 is 1.04 bits per heavy atom. The van der Waals surface area contributed by atoms with E-state index in [2.05, 4.69) is 5.32 Å². The summed E-state index contributed by atoms with van der Waals surface area (Å²) in [6.45, 7) is 0.668. The Kier molecular flexibility index (Phi) is 6.06. The molecule has 0 saturated carbocycles. The molecule has 1 N–H and O–H groups in total. The van der Waals surface area contributed by atoms with Gasteiger partial charge in [-0.1, -0.05) is 18.2 Å². The molecule has 0 bridgehead atoms. The quantitative estimate of drug-likeness (QED) is 0.560. The van der Waals surface area contributed by atoms with Crippen LogP contribution in [0.1, 0.15) is 12.0 Å². The molecule has 0 fully saturated rings. The van der Waals surface area contributed by atoms with Crippen molar-refractivity contribution in [1.29, 1.82) is 0 Å². The number of imide groups is 1. The van der Waals surface area contributed by atoms with E-state index in [1.165, 1.54) is 23.1 Å². The van der Waals surface area contributed by atoms with E-state index in [4.69, 9.17) is 9.47 Å². The fraction of sp³-hybridized carbons (Fsp3) is 0.238. The minimum Gasteiger partial charge on any atom is -0.497 e. The summed E-state index contributed by atoms with van der Waals surface area (Å²) >= 11 is 0. The van der Waals surface area contributed by atoms with Crippen molar-refractivity contribution >= 4 is 23.1 Å². The smallest absolute Gasteiger partial charge is 0.278 e. The fourth-order valence-electron chi connectivity index (χ4n) is 3.00. The van der Waals surface area contributed by atoms with Crippen molar-refractivity contribution in [3.63, 3.8) is 0 Å². The number of hydrogen-bond donors (Lipinski definition) is 1. The Labute approximate surface area is 162 Å². The van der Waals surface area contributed by atoms with E-state index in [0.717, 1.165) is 0 Å². The van der Waals surface area contributed by atoms with Crippen molar-refractivity contribution in [2.24, 2.45) is 0 Å². The van der Waals surface area contributed by atoms with Crippen LogP contribution in [0.4, 0.5) is 10.1 Å². The molecule has 0 atom stereocenters. The first-order valence-electron chi connectivity index (χ1n) is 8.81. The maximum atomic E-state index is 13.6. The van der Waals surface area contributed by atoms with E-state index >= 15 is 0 Å². The van der Waals surface area contributed by atoms with E-state index in [1.807, 2.05) is 0 Å². The second-order valence-electron chi connectivity index (χ2n) is 6.22. The topological polar surface area (TPSA) is 67.9 Å². The lowest BCUT2D eigenvalue weighted by atomic mass is 10.0. The SMILES string of the molecule is COCCCN1C(=O)C(Nc2cccc(F)c2)=C(c2ccc(OC)cc2)C1=O. The van der Waals surface area contributed by atoms with Crippen LogP contribution in [0.2, 0.25) is 0 Å². The third kappa shape index (κ3) is 4.04. The number of nitrogens with zero attached hydrogens (tertiary/aromatic N) is 1. The molecule has 28 heavy (non-hydrogen) atoms. The van der Waals surface area contributed by atoms with Crippen LogP contribution in [-0.2, 0) is 14.3 Å². The van der Waals surface area contributed by atoms with E-state index in [0.29, 0.717) is 30.0 Å². The van der Waals surface area contributed by atoms with Crippen molar-refractivity contribution in [3.05, 3.63) is 65.6 Å². The highest BCUT2D eigenvalue weighted by Gasteiger charge is 2.38. The van der Waals surface area contributed by atoms with Gasteiger partial charge in [0.1, 0.15) is 17.3 Å². The van der Waals surface area contributed by atoms with Crippen molar-refractivity contribution in [2.75, 3.05) is 32.7 Å². The second-order valence-corrected chi connectivity index (χ2v) is 6.22. The zero-order valence-corrected chi connectivity index (χ0v) is 15.7. The van der Waals surface area contributed by atoms with E-state index < -0.39 is 17.6 Å². The molecule has 7 heteroatoms. The summed E-state index contributed by atoms with van der Waals surface area (Å²) in [6, 6.07) is 12.6. The van der Waals surface area contributed by atoms with Gasteiger partial charge in [0.05, 0.1) is 12.7 Å². The molecule has 0 unspecified atom stereocenters. The first-order valence-corrected chi connectivity index (χ1v) is 8.81. The normalized spacial score (nSPS) is 14.0. The Bertz CT molecular complexity index is 909. The van der Waals surface area contributed by atoms with Crippen LogP contribution in [0.25, 0.3) is 5.57 Å². The van der Waals surface area contributed by atoms with Crippen LogP contribution in [0.5, 0.6) is 5.75 Å². The summed E-state index contributed by atoms with van der Waals surface area (Å²) < 4.78 is 23.7. The number of nitrogens with one attached hydrogen (secondary N) is 1. The van der Waals surface area contributed by atoms with Crippen LogP contribution in [0.15, 0.2) is 54.2 Å². The number of amides is 2. The molecular weight excluding hydrogens is 363 g/mol. The van der Waals surface area contributed by atoms with Gasteiger partial charge in [-0.15, -0.1) is 0 Å². The van der Waals surface area contributed by atoms with Crippen molar-refractivity contribution < 1.29 is 23.5 Å². The van der Waals surface area contributed by atoms with E-state index in [-0.39, 0.29) is 17.8 Å². The van der Waals surface area contributed by atoms with Gasteiger partial charge in [-0.25, -0.2) is 4.39 Å². The monoisotopic (exact) mass is 384 g/mol. The van der Waals surface area contributed by atoms with Crippen LogP contribution >= 0.6 is 0 Å². The van der Waals surface area contributed by atoms with Gasteiger partial charge in [0.15, 0.2) is 0 Å². The molecule has 3 rings (SSSR count). The summed E-state index contributed by atoms with van der Waals surface area (Å²) in [7, 11) is 3.11. The highest BCUT2D eigenvalue weighted by atomic mass is 19.1.